The van der Waals surface area contributed by atoms with E-state index in [1.807, 2.05) is 105 Å². The summed E-state index contributed by atoms with van der Waals surface area (Å²) in [6.07, 6.45) is -0.373. The lowest BCUT2D eigenvalue weighted by atomic mass is 9.91. The number of carbonyl (C=O) groups is 2. The van der Waals surface area contributed by atoms with Crippen LogP contribution in [0.2, 0.25) is 0 Å². The van der Waals surface area contributed by atoms with Crippen LogP contribution >= 0.6 is 0 Å². The number of ether oxygens (including phenoxy) is 3. The van der Waals surface area contributed by atoms with Crippen LogP contribution in [-0.4, -0.2) is 114 Å². The number of aliphatic hydroxyl groups excluding tert-OH is 2. The van der Waals surface area contributed by atoms with Crippen molar-refractivity contribution in [2.45, 2.75) is 82.4 Å². The number of benzene rings is 3. The number of amides is 2. The van der Waals surface area contributed by atoms with E-state index < -0.39 is 35.7 Å². The number of carbonyl (C=O) groups excluding carboxylic acids is 2. The Balaban J connectivity index is 1.14. The average molecular weight is 729 g/mol. The maximum absolute atomic E-state index is 14.1. The molecule has 4 N–H and O–H groups in total. The van der Waals surface area contributed by atoms with E-state index in [1.165, 1.54) is 0 Å². The summed E-state index contributed by atoms with van der Waals surface area (Å²) in [6, 6.07) is 24.1. The van der Waals surface area contributed by atoms with E-state index in [0.717, 1.165) is 61.0 Å². The molecule has 3 aromatic carbocycles. The molecule has 2 amide bonds. The van der Waals surface area contributed by atoms with Crippen molar-refractivity contribution in [3.8, 4) is 11.5 Å². The van der Waals surface area contributed by atoms with E-state index in [-0.39, 0.29) is 30.9 Å². The molecule has 2 heterocycles. The monoisotopic (exact) mass is 728 g/mol. The number of aliphatic hydroxyl groups is 2. The molecular weight excluding hydrogens is 672 g/mol. The van der Waals surface area contributed by atoms with Crippen molar-refractivity contribution in [2.75, 3.05) is 52.5 Å². The van der Waals surface area contributed by atoms with Crippen molar-refractivity contribution in [1.82, 2.24) is 20.4 Å². The van der Waals surface area contributed by atoms with Crippen molar-refractivity contribution in [2.24, 2.45) is 5.92 Å². The largest absolute Gasteiger partial charge is 0.492 e. The fourth-order valence-electron chi connectivity index (χ4n) is 7.67. The van der Waals surface area contributed by atoms with Gasteiger partial charge in [0, 0.05) is 57.0 Å². The van der Waals surface area contributed by atoms with Crippen molar-refractivity contribution in [3.05, 3.63) is 95.6 Å². The Bertz CT molecular complexity index is 1630. The fraction of sp³-hybridized carbons (Fsp3) is 0.524. The second-order valence-electron chi connectivity index (χ2n) is 15.7. The zero-order valence-electron chi connectivity index (χ0n) is 31.3. The number of rotatable bonds is 15. The second-order valence-corrected chi connectivity index (χ2v) is 15.7. The number of para-hydroxylation sites is 1. The highest BCUT2D eigenvalue weighted by Crippen LogP contribution is 2.32. The first kappa shape index (κ1) is 38.7. The van der Waals surface area contributed by atoms with Crippen LogP contribution in [0.4, 0.5) is 0 Å². The van der Waals surface area contributed by atoms with Crippen LogP contribution in [0.3, 0.4) is 0 Å². The van der Waals surface area contributed by atoms with Crippen molar-refractivity contribution >= 4 is 11.8 Å². The van der Waals surface area contributed by atoms with Crippen LogP contribution in [-0.2, 0) is 27.2 Å². The lowest BCUT2D eigenvalue weighted by Gasteiger charge is -2.30. The summed E-state index contributed by atoms with van der Waals surface area (Å²) < 4.78 is 17.7. The van der Waals surface area contributed by atoms with Gasteiger partial charge in [0.15, 0.2) is 0 Å². The van der Waals surface area contributed by atoms with Gasteiger partial charge in [0.2, 0.25) is 11.8 Å². The maximum atomic E-state index is 14.1. The third-order valence-electron chi connectivity index (χ3n) is 10.3. The maximum Gasteiger partial charge on any atom is 0.237 e. The highest BCUT2D eigenvalue weighted by Gasteiger charge is 2.40. The van der Waals surface area contributed by atoms with Crippen molar-refractivity contribution in [3.63, 3.8) is 0 Å². The molecule has 11 heteroatoms. The fourth-order valence-corrected chi connectivity index (χ4v) is 7.67. The summed E-state index contributed by atoms with van der Waals surface area (Å²) in [5.74, 6) is 0.549. The minimum absolute atomic E-state index is 0.112. The zero-order valence-corrected chi connectivity index (χ0v) is 31.3. The lowest BCUT2D eigenvalue weighted by Crippen LogP contribution is -2.51. The number of likely N-dealkylation sites (tertiary alicyclic amines) is 1. The summed E-state index contributed by atoms with van der Waals surface area (Å²) in [5.41, 5.74) is 2.45. The molecule has 2 aliphatic heterocycles. The average Bonchev–Trinajstić information content (AvgIpc) is 3.67. The molecule has 2 saturated heterocycles. The topological polar surface area (TPSA) is 133 Å². The van der Waals surface area contributed by atoms with Gasteiger partial charge < -0.3 is 35.1 Å². The number of hydrogen-bond donors (Lipinski definition) is 4. The Morgan fingerprint density at radius 1 is 0.962 bits per heavy atom. The van der Waals surface area contributed by atoms with Gasteiger partial charge in [-0.15, -0.1) is 0 Å². The number of β-amino-alcohol motifs (C(OH)–C–C–N with tert-alkyl or cyclic N) is 1. The van der Waals surface area contributed by atoms with Gasteiger partial charge in [-0.1, -0.05) is 54.6 Å². The number of nitrogens with zero attached hydrogens (tertiary/aromatic N) is 2. The van der Waals surface area contributed by atoms with Gasteiger partial charge in [-0.3, -0.25) is 19.4 Å². The molecule has 2 fully saturated rings. The molecule has 11 nitrogen and oxygen atoms in total. The quantitative estimate of drug-likeness (QED) is 0.186. The van der Waals surface area contributed by atoms with E-state index in [1.54, 1.807) is 0 Å². The van der Waals surface area contributed by atoms with Gasteiger partial charge in [0.25, 0.3) is 0 Å². The number of hydrogen-bond acceptors (Lipinski definition) is 9. The summed E-state index contributed by atoms with van der Waals surface area (Å²) in [5, 5.41) is 28.8. The summed E-state index contributed by atoms with van der Waals surface area (Å²) in [4.78, 5) is 31.9. The molecular formula is C42H56N4O7. The van der Waals surface area contributed by atoms with E-state index >= 15 is 0 Å². The van der Waals surface area contributed by atoms with E-state index in [2.05, 4.69) is 15.5 Å². The predicted octanol–water partition coefficient (Wildman–Crippen LogP) is 3.52. The minimum atomic E-state index is -0.908. The first-order chi connectivity index (χ1) is 25.5. The third-order valence-corrected chi connectivity index (χ3v) is 10.3. The molecule has 1 unspecified atom stereocenters. The van der Waals surface area contributed by atoms with Gasteiger partial charge in [-0.25, -0.2) is 0 Å². The Morgan fingerprint density at radius 2 is 1.68 bits per heavy atom. The van der Waals surface area contributed by atoms with Crippen LogP contribution < -0.4 is 20.1 Å². The Hall–Kier alpha value is -4.00. The number of fused-ring (bicyclic) bond motifs is 1. The molecule has 0 spiro atoms. The van der Waals surface area contributed by atoms with Gasteiger partial charge in [0.05, 0.1) is 37.5 Å². The number of morpholine rings is 1. The van der Waals surface area contributed by atoms with Gasteiger partial charge in [-0.05, 0) is 74.6 Å². The zero-order chi connectivity index (χ0) is 37.4. The van der Waals surface area contributed by atoms with Crippen LogP contribution in [0.1, 0.15) is 56.3 Å². The van der Waals surface area contributed by atoms with E-state index in [9.17, 15) is 19.8 Å². The number of nitrogens with one attached hydrogen (secondary N) is 2. The Kier molecular flexibility index (Phi) is 13.1. The van der Waals surface area contributed by atoms with Crippen molar-refractivity contribution < 1.29 is 34.0 Å². The highest BCUT2D eigenvalue weighted by molar-refractivity contribution is 5.83. The predicted molar refractivity (Wildman–Crippen MR) is 203 cm³/mol. The molecule has 1 aliphatic carbocycles. The standard InChI is InChI=1S/C42H56N4O7/c1-42(2,3)44-41(50)37-26-35(53-34-10-5-4-6-11-34)28-46(37)27-32(47)24-31(40(49)43-39-36-12-8-7-9-30(36)25-38(39)48)23-29-13-15-33(16-14-29)52-22-19-45-17-20-51-21-18-45/h4-16,31-32,35,37-39,47-48H,17-28H2,1-3H3,(H,43,49)(H,44,50)/t31-,32+,35+,37?,38-,39+/m1/s1. The molecule has 6 rings (SSSR count). The molecule has 0 radical (unpaired) electrons. The first-order valence-electron chi connectivity index (χ1n) is 19.0. The SMILES string of the molecule is CC(C)(C)NC(=O)C1C[C@H](Oc2ccccc2)CN1C[C@@H](O)C[C@@H](Cc1ccc(OCCN2CCOCC2)cc1)C(=O)N[C@H]1c2ccccc2C[C@H]1O. The van der Waals surface area contributed by atoms with Crippen LogP contribution in [0.5, 0.6) is 11.5 Å². The highest BCUT2D eigenvalue weighted by atomic mass is 16.5. The van der Waals surface area contributed by atoms with Crippen LogP contribution in [0, 0.1) is 5.92 Å². The Morgan fingerprint density at radius 3 is 2.42 bits per heavy atom. The van der Waals surface area contributed by atoms with Crippen LogP contribution in [0.15, 0.2) is 78.9 Å². The molecule has 0 aromatic heterocycles. The normalized spacial score (nSPS) is 23.2. The molecule has 0 bridgehead atoms. The van der Waals surface area contributed by atoms with Gasteiger partial charge in [-0.2, -0.15) is 0 Å². The molecule has 53 heavy (non-hydrogen) atoms. The minimum Gasteiger partial charge on any atom is -0.492 e. The summed E-state index contributed by atoms with van der Waals surface area (Å²) in [6.45, 7) is 11.2. The van der Waals surface area contributed by atoms with Crippen LogP contribution in [0.25, 0.3) is 0 Å². The van der Waals surface area contributed by atoms with Gasteiger partial charge >= 0.3 is 0 Å². The van der Waals surface area contributed by atoms with Crippen molar-refractivity contribution in [1.29, 1.82) is 0 Å². The second kappa shape index (κ2) is 17.9. The summed E-state index contributed by atoms with van der Waals surface area (Å²) in [7, 11) is 0. The summed E-state index contributed by atoms with van der Waals surface area (Å²) >= 11 is 0. The van der Waals surface area contributed by atoms with E-state index in [0.29, 0.717) is 32.4 Å². The molecule has 286 valence electrons. The smallest absolute Gasteiger partial charge is 0.237 e. The Labute approximate surface area is 313 Å². The molecule has 0 saturated carbocycles. The third kappa shape index (κ3) is 11.0. The lowest BCUT2D eigenvalue weighted by molar-refractivity contribution is -0.129. The first-order valence-corrected chi connectivity index (χ1v) is 19.0. The van der Waals surface area contributed by atoms with Gasteiger partial charge in [0.1, 0.15) is 24.2 Å². The molecule has 3 aliphatic rings. The molecule has 3 aromatic rings. The molecule has 6 atom stereocenters. The van der Waals surface area contributed by atoms with E-state index in [4.69, 9.17) is 14.2 Å².